The number of nitrogen functional groups attached to an aromatic ring is 1. The summed E-state index contributed by atoms with van der Waals surface area (Å²) >= 11 is 0.602. The lowest BCUT2D eigenvalue weighted by Gasteiger charge is -2.27. The fourth-order valence-corrected chi connectivity index (χ4v) is 7.64. The Kier molecular flexibility index (Phi) is 9.86. The smallest absolute Gasteiger partial charge is 0.443 e. The number of imidazole rings is 1. The summed E-state index contributed by atoms with van der Waals surface area (Å²) in [5.74, 6) is -1.58. The second kappa shape index (κ2) is 13.4. The molecule has 5 heterocycles. The average Bonchev–Trinajstić information content (AvgIpc) is 3.69. The van der Waals surface area contributed by atoms with Crippen LogP contribution in [0.4, 0.5) is 16.5 Å². The van der Waals surface area contributed by atoms with Crippen LogP contribution in [0.1, 0.15) is 46.8 Å². The lowest BCUT2D eigenvalue weighted by Crippen LogP contribution is -2.38. The van der Waals surface area contributed by atoms with Gasteiger partial charge in [-0.3, -0.25) is 13.9 Å². The zero-order valence-electron chi connectivity index (χ0n) is 27.3. The molecule has 3 aromatic rings. The van der Waals surface area contributed by atoms with Crippen LogP contribution in [0.15, 0.2) is 41.6 Å². The molecule has 2 aliphatic heterocycles. The van der Waals surface area contributed by atoms with Crippen molar-refractivity contribution < 1.29 is 46.9 Å². The molecule has 0 spiro atoms. The molecular weight excluding hydrogens is 669 g/mol. The molecule has 1 saturated heterocycles. The monoisotopic (exact) mass is 707 g/mol. The van der Waals surface area contributed by atoms with Gasteiger partial charge in [0.1, 0.15) is 30.1 Å². The fourth-order valence-electron chi connectivity index (χ4n) is 5.10. The number of furan rings is 1. The molecular formula is C29H38N7O10PS. The lowest BCUT2D eigenvalue weighted by molar-refractivity contribution is -0.150. The first-order valence-electron chi connectivity index (χ1n) is 14.7. The number of esters is 1. The predicted octanol–water partition coefficient (Wildman–Crippen LogP) is 4.64. The summed E-state index contributed by atoms with van der Waals surface area (Å²) in [6, 6.07) is -0.622. The van der Waals surface area contributed by atoms with E-state index in [0.29, 0.717) is 34.7 Å². The molecule has 0 aliphatic carbocycles. The Morgan fingerprint density at radius 3 is 2.73 bits per heavy atom. The molecule has 19 heteroatoms. The minimum atomic E-state index is -4.31. The number of nitrogens with two attached hydrogens (primary N) is 1. The lowest BCUT2D eigenvalue weighted by atomic mass is 9.98. The summed E-state index contributed by atoms with van der Waals surface area (Å²) in [7, 11) is 1.28. The van der Waals surface area contributed by atoms with E-state index >= 15 is 0 Å². The molecule has 4 atom stereocenters. The van der Waals surface area contributed by atoms with E-state index in [1.54, 1.807) is 31.7 Å². The van der Waals surface area contributed by atoms with Gasteiger partial charge in [0.25, 0.3) is 5.88 Å². The molecule has 4 N–H and O–H groups in total. The number of rotatable bonds is 12. The Morgan fingerprint density at radius 2 is 2.06 bits per heavy atom. The predicted molar refractivity (Wildman–Crippen MR) is 175 cm³/mol. The number of hydrogen-bond donors (Lipinski definition) is 3. The van der Waals surface area contributed by atoms with Crippen molar-refractivity contribution in [3.63, 3.8) is 0 Å². The summed E-state index contributed by atoms with van der Waals surface area (Å²) in [6.07, 6.45) is 5.74. The number of nitrogens with zero attached hydrogens (tertiary/aromatic N) is 5. The number of methoxy groups -OCH3 is 1. The van der Waals surface area contributed by atoms with Gasteiger partial charge in [-0.1, -0.05) is 13.5 Å². The highest BCUT2D eigenvalue weighted by Crippen LogP contribution is 2.63. The molecule has 2 amide bonds. The van der Waals surface area contributed by atoms with Crippen molar-refractivity contribution in [3.8, 4) is 11.5 Å². The standard InChI is InChI=1S/C29H38N7O10PS/c1-16-10-29(6,36-14-33-20-23(30)31-13-32-24(20)36)45-19(16)12-43-47(40,48-15-42-26(38)28(3,4)5)46-21-18(11-37)44-25(22(21)41-7)35-9-8-17(2)34-27(35)39/h8-9,13-14,16,19,37H,2,10-12,15H2,1,3-7H3,(H,34,39)(H2,30,31,32)/t16?,19-,29-,47?/m1/s1. The van der Waals surface area contributed by atoms with Crippen molar-refractivity contribution in [3.05, 3.63) is 43.0 Å². The molecule has 0 aromatic carbocycles. The van der Waals surface area contributed by atoms with E-state index in [9.17, 15) is 19.3 Å². The van der Waals surface area contributed by atoms with Gasteiger partial charge in [-0.05, 0) is 39.7 Å². The number of allylic oxidation sites excluding steroid dienone is 1. The molecule has 0 bridgehead atoms. The van der Waals surface area contributed by atoms with Crippen molar-refractivity contribution >= 4 is 53.0 Å². The van der Waals surface area contributed by atoms with E-state index in [2.05, 4.69) is 26.8 Å². The number of amides is 2. The largest absolute Gasteiger partial charge is 0.488 e. The van der Waals surface area contributed by atoms with E-state index < -0.39 is 48.6 Å². The maximum atomic E-state index is 14.4. The summed E-state index contributed by atoms with van der Waals surface area (Å²) in [6.45, 7) is 7.31. The van der Waals surface area contributed by atoms with E-state index in [-0.39, 0.29) is 41.5 Å². The Bertz CT molecular complexity index is 1800. The van der Waals surface area contributed by atoms with Crippen molar-refractivity contribution in [2.24, 2.45) is 11.3 Å². The Morgan fingerprint density at radius 1 is 1.31 bits per heavy atom. The van der Waals surface area contributed by atoms with E-state index in [0.717, 1.165) is 4.90 Å². The van der Waals surface area contributed by atoms with Crippen molar-refractivity contribution in [1.29, 1.82) is 0 Å². The van der Waals surface area contributed by atoms with Crippen LogP contribution in [0.25, 0.3) is 11.2 Å². The third kappa shape index (κ3) is 7.03. The van der Waals surface area contributed by atoms with Crippen LogP contribution in [-0.2, 0) is 35.7 Å². The van der Waals surface area contributed by atoms with Gasteiger partial charge in [-0.2, -0.15) is 0 Å². The maximum absolute atomic E-state index is 14.4. The van der Waals surface area contributed by atoms with Gasteiger partial charge < -0.3 is 39.3 Å². The molecule has 0 radical (unpaired) electrons. The van der Waals surface area contributed by atoms with Crippen LogP contribution < -0.4 is 25.2 Å². The molecule has 48 heavy (non-hydrogen) atoms. The van der Waals surface area contributed by atoms with E-state index in [1.807, 2.05) is 13.8 Å². The van der Waals surface area contributed by atoms with Crippen LogP contribution >= 0.6 is 18.2 Å². The number of anilines is 2. The first-order chi connectivity index (χ1) is 22.6. The number of aliphatic hydroxyl groups excluding tert-OH is 1. The van der Waals surface area contributed by atoms with Crippen LogP contribution in [0.5, 0.6) is 11.5 Å². The van der Waals surface area contributed by atoms with Gasteiger partial charge >= 0.3 is 18.8 Å². The Hall–Kier alpha value is -4.09. The van der Waals surface area contributed by atoms with Gasteiger partial charge in [0.2, 0.25) is 11.5 Å². The maximum Gasteiger partial charge on any atom is 0.443 e. The molecule has 3 aromatic heterocycles. The van der Waals surface area contributed by atoms with Crippen LogP contribution in [0.3, 0.4) is 0 Å². The van der Waals surface area contributed by atoms with E-state index in [4.69, 9.17) is 33.4 Å². The second-order valence-corrected chi connectivity index (χ2v) is 16.3. The van der Waals surface area contributed by atoms with Crippen LogP contribution in [0, 0.1) is 11.3 Å². The quantitative estimate of drug-likeness (QED) is 0.133. The first kappa shape index (κ1) is 35.2. The van der Waals surface area contributed by atoms with Crippen LogP contribution in [0.2, 0.25) is 0 Å². The number of fused-ring (bicyclic) bond motifs is 1. The SMILES string of the molecule is C=C1C=CN(c2oc(CO)c(OP(=O)(OC[C@H]3O[C@@](C)(n4cnc5c(N)ncnc54)CC3C)SCOC(=O)C(C)(C)C)c2OC)C(=O)N1. The summed E-state index contributed by atoms with van der Waals surface area (Å²) in [5, 5.41) is 12.7. The van der Waals surface area contributed by atoms with Gasteiger partial charge in [0.05, 0.1) is 31.6 Å². The number of aromatic nitrogens is 4. The number of nitrogens with one attached hydrogen (secondary N) is 1. The Balaban J connectivity index is 1.41. The van der Waals surface area contributed by atoms with Gasteiger partial charge in [-0.15, -0.1) is 0 Å². The highest BCUT2D eigenvalue weighted by atomic mass is 32.7. The topological polar surface area (TPSA) is 216 Å². The number of ether oxygens (including phenoxy) is 3. The number of carbonyl (C=O) groups is 2. The van der Waals surface area contributed by atoms with Gasteiger partial charge in [0, 0.05) is 29.7 Å². The van der Waals surface area contributed by atoms with Gasteiger partial charge in [-0.25, -0.2) is 29.2 Å². The molecule has 5 rings (SSSR count). The van der Waals surface area contributed by atoms with Gasteiger partial charge in [0.15, 0.2) is 17.2 Å². The number of carbonyl (C=O) groups excluding carboxylic acids is 2. The molecule has 2 aliphatic rings. The number of aliphatic hydroxyl groups is 1. The third-order valence-electron chi connectivity index (χ3n) is 7.58. The first-order valence-corrected chi connectivity index (χ1v) is 17.9. The summed E-state index contributed by atoms with van der Waals surface area (Å²) < 4.78 is 51.2. The molecule has 17 nitrogen and oxygen atoms in total. The molecule has 0 saturated carbocycles. The zero-order valence-corrected chi connectivity index (χ0v) is 29.0. The average molecular weight is 708 g/mol. The molecule has 1 fully saturated rings. The summed E-state index contributed by atoms with van der Waals surface area (Å²) in [4.78, 5) is 38.9. The van der Waals surface area contributed by atoms with Crippen LogP contribution in [-0.4, -0.2) is 62.4 Å². The highest BCUT2D eigenvalue weighted by Gasteiger charge is 2.45. The van der Waals surface area contributed by atoms with Crippen molar-refractivity contribution in [1.82, 2.24) is 24.8 Å². The highest BCUT2D eigenvalue weighted by molar-refractivity contribution is 8.55. The number of urea groups is 1. The number of hydrogen-bond acceptors (Lipinski definition) is 15. The third-order valence-corrected chi connectivity index (χ3v) is 10.8. The molecule has 260 valence electrons. The molecule has 2 unspecified atom stereocenters. The minimum absolute atomic E-state index is 0.106. The Labute approximate surface area is 280 Å². The minimum Gasteiger partial charge on any atom is -0.488 e. The summed E-state index contributed by atoms with van der Waals surface area (Å²) in [5.41, 5.74) is 5.51. The zero-order chi connectivity index (χ0) is 35.0. The van der Waals surface area contributed by atoms with Crippen molar-refractivity contribution in [2.75, 3.05) is 30.3 Å². The van der Waals surface area contributed by atoms with E-state index in [1.165, 1.54) is 25.7 Å². The fraction of sp³-hybridized carbons (Fsp3) is 0.483. The van der Waals surface area contributed by atoms with Crippen molar-refractivity contribution in [2.45, 2.75) is 59.5 Å². The second-order valence-electron chi connectivity index (χ2n) is 12.3. The normalized spacial score (nSPS) is 22.5.